The third-order valence-electron chi connectivity index (χ3n) is 3.73. The fraction of sp³-hybridized carbons (Fsp3) is 0.100. The number of nitriles is 1. The van der Waals surface area contributed by atoms with Crippen LogP contribution >= 0.6 is 11.3 Å². The molecular formula is C20H17N3OS. The van der Waals surface area contributed by atoms with Crippen LogP contribution in [0.1, 0.15) is 22.0 Å². The lowest BCUT2D eigenvalue weighted by Gasteiger charge is -2.18. The average Bonchev–Trinajstić information content (AvgIpc) is 3.18. The number of amides is 1. The fourth-order valence-corrected chi connectivity index (χ4v) is 3.34. The van der Waals surface area contributed by atoms with Gasteiger partial charge in [0.2, 0.25) is 5.91 Å². The molecule has 1 heterocycles. The van der Waals surface area contributed by atoms with Crippen molar-refractivity contribution >= 4 is 22.9 Å². The molecule has 1 amide bonds. The van der Waals surface area contributed by atoms with Gasteiger partial charge in [0.15, 0.2) is 0 Å². The van der Waals surface area contributed by atoms with Crippen molar-refractivity contribution in [1.29, 1.82) is 5.26 Å². The zero-order valence-corrected chi connectivity index (χ0v) is 14.3. The Morgan fingerprint density at radius 1 is 1.04 bits per heavy atom. The molecule has 0 saturated heterocycles. The second-order valence-corrected chi connectivity index (χ2v) is 6.46. The number of anilines is 1. The molecular weight excluding hydrogens is 330 g/mol. The van der Waals surface area contributed by atoms with Crippen molar-refractivity contribution in [3.63, 3.8) is 0 Å². The smallest absolute Gasteiger partial charge is 0.238 e. The Hall–Kier alpha value is -2.94. The summed E-state index contributed by atoms with van der Waals surface area (Å²) >= 11 is 1.66. The van der Waals surface area contributed by atoms with Gasteiger partial charge in [-0.05, 0) is 41.3 Å². The predicted octanol–water partition coefficient (Wildman–Crippen LogP) is 3.94. The minimum absolute atomic E-state index is 0.0204. The van der Waals surface area contributed by atoms with Crippen molar-refractivity contribution < 1.29 is 4.79 Å². The lowest BCUT2D eigenvalue weighted by atomic mass is 10.1. The molecule has 2 aromatic carbocycles. The Bertz CT molecular complexity index is 852. The van der Waals surface area contributed by atoms with Crippen LogP contribution in [0.2, 0.25) is 0 Å². The van der Waals surface area contributed by atoms with E-state index in [-0.39, 0.29) is 18.5 Å². The quantitative estimate of drug-likeness (QED) is 0.710. The molecule has 4 nitrogen and oxygen atoms in total. The molecule has 1 aromatic heterocycles. The van der Waals surface area contributed by atoms with Gasteiger partial charge >= 0.3 is 0 Å². The van der Waals surface area contributed by atoms with E-state index >= 15 is 0 Å². The van der Waals surface area contributed by atoms with Gasteiger partial charge in [-0.3, -0.25) is 10.1 Å². The van der Waals surface area contributed by atoms with E-state index in [1.165, 1.54) is 0 Å². The van der Waals surface area contributed by atoms with Crippen molar-refractivity contribution in [2.24, 2.45) is 0 Å². The minimum atomic E-state index is -0.123. The molecule has 5 heteroatoms. The molecule has 0 fully saturated rings. The first-order valence-corrected chi connectivity index (χ1v) is 8.76. The van der Waals surface area contributed by atoms with Crippen LogP contribution in [0.3, 0.4) is 0 Å². The SMILES string of the molecule is N#Cc1ccc(NC(=O)CN[C@H](c2ccccc2)c2cccs2)cc1. The predicted molar refractivity (Wildman–Crippen MR) is 100 cm³/mol. The summed E-state index contributed by atoms with van der Waals surface area (Å²) in [6.07, 6.45) is 0. The van der Waals surface area contributed by atoms with Crippen molar-refractivity contribution in [3.8, 4) is 6.07 Å². The molecule has 0 spiro atoms. The third-order valence-corrected chi connectivity index (χ3v) is 4.66. The van der Waals surface area contributed by atoms with Gasteiger partial charge in [-0.15, -0.1) is 11.3 Å². The Kier molecular flexibility index (Phi) is 5.57. The second kappa shape index (κ2) is 8.25. The van der Waals surface area contributed by atoms with E-state index in [1.54, 1.807) is 35.6 Å². The van der Waals surface area contributed by atoms with Gasteiger partial charge in [-0.25, -0.2) is 0 Å². The highest BCUT2D eigenvalue weighted by Gasteiger charge is 2.15. The van der Waals surface area contributed by atoms with Crippen LogP contribution in [0.5, 0.6) is 0 Å². The molecule has 1 atom stereocenters. The van der Waals surface area contributed by atoms with Gasteiger partial charge in [0.1, 0.15) is 0 Å². The van der Waals surface area contributed by atoms with Crippen LogP contribution in [0, 0.1) is 11.3 Å². The summed E-state index contributed by atoms with van der Waals surface area (Å²) in [6.45, 7) is 0.192. The molecule has 3 rings (SSSR count). The fourth-order valence-electron chi connectivity index (χ4n) is 2.51. The normalized spacial score (nSPS) is 11.5. The monoisotopic (exact) mass is 347 g/mol. The number of benzene rings is 2. The minimum Gasteiger partial charge on any atom is -0.325 e. The maximum atomic E-state index is 12.2. The number of nitrogens with zero attached hydrogens (tertiary/aromatic N) is 1. The van der Waals surface area contributed by atoms with Crippen molar-refractivity contribution in [3.05, 3.63) is 88.1 Å². The molecule has 0 aliphatic rings. The van der Waals surface area contributed by atoms with E-state index in [0.717, 1.165) is 10.4 Å². The summed E-state index contributed by atoms with van der Waals surface area (Å²) < 4.78 is 0. The highest BCUT2D eigenvalue weighted by molar-refractivity contribution is 7.10. The van der Waals surface area contributed by atoms with E-state index in [9.17, 15) is 4.79 Å². The summed E-state index contributed by atoms with van der Waals surface area (Å²) in [5.74, 6) is -0.123. The Morgan fingerprint density at radius 3 is 2.44 bits per heavy atom. The second-order valence-electron chi connectivity index (χ2n) is 5.48. The third kappa shape index (κ3) is 4.54. The number of rotatable bonds is 6. The first-order chi connectivity index (χ1) is 12.3. The van der Waals surface area contributed by atoms with Gasteiger partial charge in [0, 0.05) is 10.6 Å². The van der Waals surface area contributed by atoms with E-state index in [2.05, 4.69) is 34.9 Å². The van der Waals surface area contributed by atoms with E-state index in [1.807, 2.05) is 29.6 Å². The summed E-state index contributed by atoms with van der Waals surface area (Å²) in [7, 11) is 0. The zero-order chi connectivity index (χ0) is 17.5. The van der Waals surface area contributed by atoms with Crippen molar-refractivity contribution in [2.75, 3.05) is 11.9 Å². The molecule has 0 unspecified atom stereocenters. The number of hydrogen-bond donors (Lipinski definition) is 2. The zero-order valence-electron chi connectivity index (χ0n) is 13.5. The molecule has 0 bridgehead atoms. The van der Waals surface area contributed by atoms with Gasteiger partial charge in [-0.2, -0.15) is 5.26 Å². The maximum absolute atomic E-state index is 12.2. The molecule has 25 heavy (non-hydrogen) atoms. The molecule has 0 aliphatic carbocycles. The van der Waals surface area contributed by atoms with E-state index < -0.39 is 0 Å². The van der Waals surface area contributed by atoms with Gasteiger partial charge in [-0.1, -0.05) is 36.4 Å². The van der Waals surface area contributed by atoms with Crippen LogP contribution < -0.4 is 10.6 Å². The summed E-state index contributed by atoms with van der Waals surface area (Å²) in [5.41, 5.74) is 2.37. The number of thiophene rings is 1. The molecule has 124 valence electrons. The first kappa shape index (κ1) is 16.9. The van der Waals surface area contributed by atoms with Crippen molar-refractivity contribution in [2.45, 2.75) is 6.04 Å². The largest absolute Gasteiger partial charge is 0.325 e. The standard InChI is InChI=1S/C20H17N3OS/c21-13-15-8-10-17(11-9-15)23-19(24)14-22-20(18-7-4-12-25-18)16-5-2-1-3-6-16/h1-12,20,22H,14H2,(H,23,24)/t20-/m1/s1. The van der Waals surface area contributed by atoms with E-state index in [0.29, 0.717) is 11.3 Å². The van der Waals surface area contributed by atoms with Gasteiger partial charge < -0.3 is 5.32 Å². The van der Waals surface area contributed by atoms with Gasteiger partial charge in [0.25, 0.3) is 0 Å². The molecule has 0 saturated carbocycles. The molecule has 0 aliphatic heterocycles. The van der Waals surface area contributed by atoms with Crippen LogP contribution in [-0.2, 0) is 4.79 Å². The van der Waals surface area contributed by atoms with Crippen LogP contribution in [0.15, 0.2) is 72.1 Å². The van der Waals surface area contributed by atoms with Crippen LogP contribution in [0.25, 0.3) is 0 Å². The summed E-state index contributed by atoms with van der Waals surface area (Å²) in [4.78, 5) is 13.4. The Labute approximate surface area is 150 Å². The summed E-state index contributed by atoms with van der Waals surface area (Å²) in [6, 6.07) is 23.0. The van der Waals surface area contributed by atoms with E-state index in [4.69, 9.17) is 5.26 Å². The molecule has 0 radical (unpaired) electrons. The van der Waals surface area contributed by atoms with Crippen LogP contribution in [0.4, 0.5) is 5.69 Å². The number of carbonyl (C=O) groups is 1. The first-order valence-electron chi connectivity index (χ1n) is 7.88. The highest BCUT2D eigenvalue weighted by Crippen LogP contribution is 2.25. The van der Waals surface area contributed by atoms with Gasteiger partial charge in [0.05, 0.1) is 24.2 Å². The number of carbonyl (C=O) groups excluding carboxylic acids is 1. The number of hydrogen-bond acceptors (Lipinski definition) is 4. The Balaban J connectivity index is 1.64. The lowest BCUT2D eigenvalue weighted by molar-refractivity contribution is -0.115. The lowest BCUT2D eigenvalue weighted by Crippen LogP contribution is -2.31. The van der Waals surface area contributed by atoms with Crippen LogP contribution in [-0.4, -0.2) is 12.5 Å². The van der Waals surface area contributed by atoms with Crippen molar-refractivity contribution in [1.82, 2.24) is 5.32 Å². The highest BCUT2D eigenvalue weighted by atomic mass is 32.1. The molecule has 2 N–H and O–H groups in total. The number of nitrogens with one attached hydrogen (secondary N) is 2. The average molecular weight is 347 g/mol. The topological polar surface area (TPSA) is 64.9 Å². The maximum Gasteiger partial charge on any atom is 0.238 e. The summed E-state index contributed by atoms with van der Waals surface area (Å²) in [5, 5.41) is 17.0. The molecule has 3 aromatic rings. The Morgan fingerprint density at radius 2 is 1.80 bits per heavy atom.